The third kappa shape index (κ3) is 1.84. The molecule has 1 aromatic carbocycles. The van der Waals surface area contributed by atoms with Crippen molar-refractivity contribution in [2.24, 2.45) is 0 Å². The van der Waals surface area contributed by atoms with Crippen molar-refractivity contribution in [3.8, 4) is 0 Å². The van der Waals surface area contributed by atoms with Crippen LogP contribution in [0.25, 0.3) is 0 Å². The van der Waals surface area contributed by atoms with Crippen molar-refractivity contribution >= 4 is 9.84 Å². The highest BCUT2D eigenvalue weighted by atomic mass is 32.2. The zero-order valence-corrected chi connectivity index (χ0v) is 9.31. The fourth-order valence-electron chi connectivity index (χ4n) is 1.38. The van der Waals surface area contributed by atoms with Crippen LogP contribution in [0.4, 0.5) is 0 Å². The van der Waals surface area contributed by atoms with Gasteiger partial charge in [0.2, 0.25) is 9.84 Å². The summed E-state index contributed by atoms with van der Waals surface area (Å²) < 4.78 is 24.3. The quantitative estimate of drug-likeness (QED) is 0.796. The van der Waals surface area contributed by atoms with E-state index in [0.717, 1.165) is 0 Å². The van der Waals surface area contributed by atoms with Crippen LogP contribution < -0.4 is 0 Å². The lowest BCUT2D eigenvalue weighted by atomic mass is 10.3. The molecule has 0 fully saturated rings. The zero-order chi connectivity index (χ0) is 11.6. The van der Waals surface area contributed by atoms with Crippen LogP contribution in [-0.4, -0.2) is 13.4 Å². The summed E-state index contributed by atoms with van der Waals surface area (Å²) in [6.07, 6.45) is 1.45. The minimum Gasteiger partial charge on any atom is -0.244 e. The molecule has 0 aliphatic rings. The maximum Gasteiger partial charge on any atom is 0.224 e. The normalized spacial score (nSPS) is 11.3. The van der Waals surface area contributed by atoms with Gasteiger partial charge in [0.15, 0.2) is 5.03 Å². The highest BCUT2D eigenvalue weighted by molar-refractivity contribution is 7.91. The molecule has 4 heteroatoms. The Morgan fingerprint density at radius 3 is 2.31 bits per heavy atom. The summed E-state index contributed by atoms with van der Waals surface area (Å²) in [6, 6.07) is 11.5. The smallest absolute Gasteiger partial charge is 0.224 e. The van der Waals surface area contributed by atoms with E-state index >= 15 is 0 Å². The molecule has 0 aliphatic carbocycles. The van der Waals surface area contributed by atoms with Gasteiger partial charge in [-0.2, -0.15) is 0 Å². The Bertz CT molecular complexity index is 591. The fraction of sp³-hybridized carbons (Fsp3) is 0. The van der Waals surface area contributed by atoms with E-state index in [0.29, 0.717) is 5.56 Å². The maximum absolute atomic E-state index is 12.2. The summed E-state index contributed by atoms with van der Waals surface area (Å²) in [6.45, 7) is 3.67. The lowest BCUT2D eigenvalue weighted by Gasteiger charge is -2.05. The van der Waals surface area contributed by atoms with E-state index in [1.165, 1.54) is 6.20 Å². The second-order valence-electron chi connectivity index (χ2n) is 3.28. The van der Waals surface area contributed by atoms with E-state index in [9.17, 15) is 8.42 Å². The van der Waals surface area contributed by atoms with Gasteiger partial charge >= 0.3 is 0 Å². The van der Waals surface area contributed by atoms with Gasteiger partial charge in [-0.15, -0.1) is 0 Å². The number of benzene rings is 1. The molecule has 0 aliphatic heterocycles. The first-order valence-electron chi connectivity index (χ1n) is 4.69. The molecule has 0 saturated heterocycles. The summed E-state index contributed by atoms with van der Waals surface area (Å²) >= 11 is 0. The van der Waals surface area contributed by atoms with Gasteiger partial charge in [-0.3, -0.25) is 0 Å². The Hall–Kier alpha value is -1.68. The molecule has 0 unspecified atom stereocenters. The number of aromatic nitrogens is 1. The molecule has 0 N–H and O–H groups in total. The third-order valence-electron chi connectivity index (χ3n) is 2.16. The van der Waals surface area contributed by atoms with Crippen LogP contribution in [0, 0.1) is 6.92 Å². The maximum atomic E-state index is 12.2. The number of sulfone groups is 1. The first kappa shape index (κ1) is 10.8. The number of pyridine rings is 1. The van der Waals surface area contributed by atoms with Crippen molar-refractivity contribution in [1.29, 1.82) is 0 Å². The lowest BCUT2D eigenvalue weighted by molar-refractivity contribution is 0.592. The van der Waals surface area contributed by atoms with E-state index < -0.39 is 9.84 Å². The molecular weight excluding hydrogens is 222 g/mol. The number of rotatable bonds is 2. The predicted octanol–water partition coefficient (Wildman–Crippen LogP) is 2.10. The minimum absolute atomic E-state index is 0.0150. The van der Waals surface area contributed by atoms with E-state index in [1.54, 1.807) is 42.5 Å². The zero-order valence-electron chi connectivity index (χ0n) is 8.50. The van der Waals surface area contributed by atoms with Crippen molar-refractivity contribution in [1.82, 2.24) is 4.98 Å². The molecule has 16 heavy (non-hydrogen) atoms. The molecule has 0 bridgehead atoms. The van der Waals surface area contributed by atoms with Gasteiger partial charge < -0.3 is 0 Å². The summed E-state index contributed by atoms with van der Waals surface area (Å²) in [5.41, 5.74) is 0.409. The highest BCUT2D eigenvalue weighted by Gasteiger charge is 2.20. The monoisotopic (exact) mass is 232 g/mol. The lowest BCUT2D eigenvalue weighted by Crippen LogP contribution is -2.06. The van der Waals surface area contributed by atoms with E-state index in [-0.39, 0.29) is 9.92 Å². The Balaban J connectivity index is 2.62. The van der Waals surface area contributed by atoms with Crippen LogP contribution in [0.5, 0.6) is 0 Å². The van der Waals surface area contributed by atoms with Gasteiger partial charge in [0.1, 0.15) is 0 Å². The van der Waals surface area contributed by atoms with E-state index in [2.05, 4.69) is 11.9 Å². The van der Waals surface area contributed by atoms with Crippen LogP contribution in [0.15, 0.2) is 58.6 Å². The topological polar surface area (TPSA) is 47.0 Å². The molecule has 3 nitrogen and oxygen atoms in total. The van der Waals surface area contributed by atoms with E-state index in [4.69, 9.17) is 0 Å². The predicted molar refractivity (Wildman–Crippen MR) is 60.6 cm³/mol. The third-order valence-corrected chi connectivity index (χ3v) is 3.93. The van der Waals surface area contributed by atoms with Gasteiger partial charge in [-0.1, -0.05) is 24.3 Å². The van der Waals surface area contributed by atoms with Crippen molar-refractivity contribution in [2.75, 3.05) is 0 Å². The van der Waals surface area contributed by atoms with Crippen molar-refractivity contribution in [2.45, 2.75) is 9.92 Å². The molecule has 1 radical (unpaired) electrons. The Kier molecular flexibility index (Phi) is 2.75. The second-order valence-corrected chi connectivity index (χ2v) is 5.15. The minimum atomic E-state index is -3.54. The number of hydrogen-bond acceptors (Lipinski definition) is 3. The summed E-state index contributed by atoms with van der Waals surface area (Å²) in [4.78, 5) is 4.11. The molecule has 2 rings (SSSR count). The Morgan fingerprint density at radius 2 is 1.69 bits per heavy atom. The fourth-order valence-corrected chi connectivity index (χ4v) is 2.73. The highest BCUT2D eigenvalue weighted by Crippen LogP contribution is 2.20. The van der Waals surface area contributed by atoms with Crippen LogP contribution in [0.2, 0.25) is 0 Å². The Morgan fingerprint density at radius 1 is 1.00 bits per heavy atom. The van der Waals surface area contributed by atoms with Gasteiger partial charge in [0.05, 0.1) is 4.90 Å². The number of nitrogens with zero attached hydrogens (tertiary/aromatic N) is 1. The van der Waals surface area contributed by atoms with Gasteiger partial charge in [0.25, 0.3) is 0 Å². The molecule has 81 valence electrons. The standard InChI is InChI=1S/C12H10NO2S/c1-10-6-5-9-13-12(10)16(14,15)11-7-3-2-4-8-11/h2-9H,1H2. The first-order valence-corrected chi connectivity index (χ1v) is 6.18. The molecule has 2 aromatic rings. The van der Waals surface area contributed by atoms with Gasteiger partial charge in [0, 0.05) is 6.20 Å². The van der Waals surface area contributed by atoms with Crippen LogP contribution in [-0.2, 0) is 9.84 Å². The van der Waals surface area contributed by atoms with Gasteiger partial charge in [-0.05, 0) is 30.7 Å². The van der Waals surface area contributed by atoms with Crippen molar-refractivity contribution in [3.63, 3.8) is 0 Å². The molecule has 0 spiro atoms. The summed E-state index contributed by atoms with van der Waals surface area (Å²) in [5, 5.41) is 0.0150. The first-order chi connectivity index (χ1) is 7.62. The number of hydrogen-bond donors (Lipinski definition) is 0. The molecular formula is C12H10NO2S. The molecule has 0 saturated carbocycles. The summed E-state index contributed by atoms with van der Waals surface area (Å²) in [5.74, 6) is 0. The summed E-state index contributed by atoms with van der Waals surface area (Å²) in [7, 11) is -3.54. The van der Waals surface area contributed by atoms with Crippen LogP contribution in [0.3, 0.4) is 0 Å². The average molecular weight is 232 g/mol. The SMILES string of the molecule is [CH2]c1cccnc1S(=O)(=O)c1ccccc1. The molecule has 0 amide bonds. The average Bonchev–Trinajstić information content (AvgIpc) is 2.30. The van der Waals surface area contributed by atoms with Crippen LogP contribution in [0.1, 0.15) is 5.56 Å². The van der Waals surface area contributed by atoms with Crippen molar-refractivity contribution in [3.05, 3.63) is 61.1 Å². The molecule has 0 atom stereocenters. The van der Waals surface area contributed by atoms with Crippen molar-refractivity contribution < 1.29 is 8.42 Å². The van der Waals surface area contributed by atoms with Crippen LogP contribution >= 0.6 is 0 Å². The largest absolute Gasteiger partial charge is 0.244 e. The molecule has 1 heterocycles. The second kappa shape index (κ2) is 4.06. The van der Waals surface area contributed by atoms with E-state index in [1.807, 2.05) is 0 Å². The van der Waals surface area contributed by atoms with Gasteiger partial charge in [-0.25, -0.2) is 13.4 Å². The molecule has 1 aromatic heterocycles. The Labute approximate surface area is 94.7 Å².